The number of carbonyl (C=O) groups excluding carboxylic acids is 1. The lowest BCUT2D eigenvalue weighted by Gasteiger charge is -2.32. The van der Waals surface area contributed by atoms with E-state index in [-0.39, 0.29) is 24.3 Å². The first-order valence-corrected chi connectivity index (χ1v) is 13.1. The lowest BCUT2D eigenvalue weighted by atomic mass is 10.1. The van der Waals surface area contributed by atoms with Gasteiger partial charge in [0.2, 0.25) is 0 Å². The van der Waals surface area contributed by atoms with E-state index in [4.69, 9.17) is 14.1 Å². The molecule has 0 aliphatic rings. The number of furan rings is 1. The highest BCUT2D eigenvalue weighted by atomic mass is 19.4. The number of urea groups is 1. The molecule has 0 aliphatic heterocycles. The van der Waals surface area contributed by atoms with Crippen molar-refractivity contribution in [2.24, 2.45) is 0 Å². The van der Waals surface area contributed by atoms with E-state index >= 15 is 0 Å². The zero-order valence-electron chi connectivity index (χ0n) is 22.8. The van der Waals surface area contributed by atoms with Crippen LogP contribution < -0.4 is 15.6 Å². The molecule has 2 aromatic heterocycles. The van der Waals surface area contributed by atoms with Crippen LogP contribution in [-0.4, -0.2) is 27.6 Å². The molecule has 2 amide bonds. The van der Waals surface area contributed by atoms with E-state index in [0.29, 0.717) is 28.1 Å². The van der Waals surface area contributed by atoms with Gasteiger partial charge in [0, 0.05) is 0 Å². The Balaban J connectivity index is 1.70. The summed E-state index contributed by atoms with van der Waals surface area (Å²) in [7, 11) is 1.48. The summed E-state index contributed by atoms with van der Waals surface area (Å²) >= 11 is 0. The standard InChI is InChI=1S/C31H27F3N4O4/c1-3-25(28-35-23-14-6-4-12-21(23)29(39)38(28)26-16-8-9-17-27(26)41-2)37(19-20-11-10-18-42-20)30(40)36-24-15-7-5-13-22(24)31(32,33)34/h4-18,25H,3,19H2,1-2H3,(H,36,40). The third-order valence-corrected chi connectivity index (χ3v) is 6.83. The molecule has 5 rings (SSSR count). The molecule has 1 N–H and O–H groups in total. The second-order valence-corrected chi connectivity index (χ2v) is 9.40. The minimum absolute atomic E-state index is 0.111. The number of halogens is 3. The van der Waals surface area contributed by atoms with Gasteiger partial charge >= 0.3 is 12.2 Å². The summed E-state index contributed by atoms with van der Waals surface area (Å²) in [5, 5.41) is 2.78. The molecular weight excluding hydrogens is 549 g/mol. The number of rotatable bonds is 8. The van der Waals surface area contributed by atoms with Crippen molar-refractivity contribution in [2.75, 3.05) is 12.4 Å². The molecule has 1 unspecified atom stereocenters. The largest absolute Gasteiger partial charge is 0.495 e. The summed E-state index contributed by atoms with van der Waals surface area (Å²) in [6, 6.07) is 20.0. The second kappa shape index (κ2) is 11.8. The number of alkyl halides is 3. The van der Waals surface area contributed by atoms with E-state index in [1.165, 1.54) is 41.0 Å². The maximum absolute atomic E-state index is 14.0. The molecule has 0 bridgehead atoms. The van der Waals surface area contributed by atoms with Crippen LogP contribution in [0.15, 0.2) is 100 Å². The average molecular weight is 577 g/mol. The highest BCUT2D eigenvalue weighted by Crippen LogP contribution is 2.36. The van der Waals surface area contributed by atoms with Crippen LogP contribution in [0.3, 0.4) is 0 Å². The van der Waals surface area contributed by atoms with E-state index < -0.39 is 29.5 Å². The van der Waals surface area contributed by atoms with Crippen LogP contribution >= 0.6 is 0 Å². The van der Waals surface area contributed by atoms with E-state index in [9.17, 15) is 22.8 Å². The minimum atomic E-state index is -4.69. The number of ether oxygens (including phenoxy) is 1. The number of fused-ring (bicyclic) bond motifs is 1. The fourth-order valence-corrected chi connectivity index (χ4v) is 4.88. The minimum Gasteiger partial charge on any atom is -0.495 e. The van der Waals surface area contributed by atoms with Crippen LogP contribution in [0.1, 0.15) is 36.5 Å². The van der Waals surface area contributed by atoms with Gasteiger partial charge in [-0.15, -0.1) is 0 Å². The van der Waals surface area contributed by atoms with Crippen LogP contribution in [0.2, 0.25) is 0 Å². The number of benzene rings is 3. The Bertz CT molecular complexity index is 1770. The predicted octanol–water partition coefficient (Wildman–Crippen LogP) is 7.19. The fourth-order valence-electron chi connectivity index (χ4n) is 4.88. The molecule has 216 valence electrons. The van der Waals surface area contributed by atoms with Crippen LogP contribution in [0.25, 0.3) is 16.6 Å². The van der Waals surface area contributed by atoms with Crippen molar-refractivity contribution in [3.63, 3.8) is 0 Å². The van der Waals surface area contributed by atoms with Gasteiger partial charge in [-0.3, -0.25) is 9.36 Å². The summed E-state index contributed by atoms with van der Waals surface area (Å²) in [6.07, 6.45) is -3.00. The zero-order chi connectivity index (χ0) is 29.9. The number of hydrogen-bond donors (Lipinski definition) is 1. The van der Waals surface area contributed by atoms with Crippen LogP contribution in [0, 0.1) is 0 Å². The summed E-state index contributed by atoms with van der Waals surface area (Å²) in [4.78, 5) is 34.0. The molecule has 0 spiro atoms. The third kappa shape index (κ3) is 5.58. The quantitative estimate of drug-likeness (QED) is 0.211. The smallest absolute Gasteiger partial charge is 0.418 e. The van der Waals surface area contributed by atoms with Gasteiger partial charge in [0.25, 0.3) is 5.56 Å². The molecule has 3 aromatic carbocycles. The van der Waals surface area contributed by atoms with E-state index in [0.717, 1.165) is 6.07 Å². The van der Waals surface area contributed by atoms with Gasteiger partial charge in [0.15, 0.2) is 0 Å². The number of amides is 2. The zero-order valence-corrected chi connectivity index (χ0v) is 22.8. The van der Waals surface area contributed by atoms with Gasteiger partial charge in [-0.05, 0) is 55.0 Å². The number of nitrogens with one attached hydrogen (secondary N) is 1. The van der Waals surface area contributed by atoms with Gasteiger partial charge < -0.3 is 19.4 Å². The highest BCUT2D eigenvalue weighted by Gasteiger charge is 2.35. The van der Waals surface area contributed by atoms with Gasteiger partial charge in [-0.1, -0.05) is 43.3 Å². The van der Waals surface area contributed by atoms with Gasteiger partial charge in [-0.25, -0.2) is 9.78 Å². The van der Waals surface area contributed by atoms with Crippen LogP contribution in [0.4, 0.5) is 23.7 Å². The number of aromatic nitrogens is 2. The Morgan fingerprint density at radius 1 is 1.02 bits per heavy atom. The number of nitrogens with zero attached hydrogens (tertiary/aromatic N) is 3. The molecular formula is C31H27F3N4O4. The average Bonchev–Trinajstić information content (AvgIpc) is 3.50. The monoisotopic (exact) mass is 576 g/mol. The SMILES string of the molecule is CCC(c1nc2ccccc2c(=O)n1-c1ccccc1OC)N(Cc1ccco1)C(=O)Nc1ccccc1C(F)(F)F. The summed E-state index contributed by atoms with van der Waals surface area (Å²) in [5.41, 5.74) is -0.971. The number of hydrogen-bond acceptors (Lipinski definition) is 5. The van der Waals surface area contributed by atoms with Crippen molar-refractivity contribution in [1.82, 2.24) is 14.5 Å². The molecule has 0 radical (unpaired) electrons. The summed E-state index contributed by atoms with van der Waals surface area (Å²) in [5.74, 6) is 0.991. The van der Waals surface area contributed by atoms with E-state index in [2.05, 4.69) is 5.32 Å². The highest BCUT2D eigenvalue weighted by molar-refractivity contribution is 5.90. The Kier molecular flexibility index (Phi) is 8.01. The normalized spacial score (nSPS) is 12.2. The molecule has 0 fully saturated rings. The Hall–Kier alpha value is -5.06. The Labute approximate surface area is 239 Å². The maximum Gasteiger partial charge on any atom is 0.418 e. The van der Waals surface area contributed by atoms with Crippen molar-refractivity contribution in [3.05, 3.63) is 119 Å². The summed E-state index contributed by atoms with van der Waals surface area (Å²) in [6.45, 7) is 1.69. The lowest BCUT2D eigenvalue weighted by molar-refractivity contribution is -0.136. The molecule has 0 saturated carbocycles. The molecule has 8 nitrogen and oxygen atoms in total. The van der Waals surface area contributed by atoms with Crippen molar-refractivity contribution < 1.29 is 27.1 Å². The predicted molar refractivity (Wildman–Crippen MR) is 152 cm³/mol. The molecule has 42 heavy (non-hydrogen) atoms. The Morgan fingerprint density at radius 3 is 2.45 bits per heavy atom. The molecule has 1 atom stereocenters. The van der Waals surface area contributed by atoms with Gasteiger partial charge in [-0.2, -0.15) is 13.2 Å². The first-order valence-electron chi connectivity index (χ1n) is 13.1. The number of carbonyl (C=O) groups is 1. The van der Waals surface area contributed by atoms with Crippen molar-refractivity contribution in [2.45, 2.75) is 32.1 Å². The Morgan fingerprint density at radius 2 is 1.74 bits per heavy atom. The van der Waals surface area contributed by atoms with Crippen LogP contribution in [0.5, 0.6) is 5.75 Å². The summed E-state index contributed by atoms with van der Waals surface area (Å²) < 4.78 is 53.7. The first-order chi connectivity index (χ1) is 20.2. The van der Waals surface area contributed by atoms with E-state index in [1.807, 2.05) is 0 Å². The molecule has 2 heterocycles. The van der Waals surface area contributed by atoms with Crippen molar-refractivity contribution in [1.29, 1.82) is 0 Å². The van der Waals surface area contributed by atoms with Gasteiger partial charge in [0.1, 0.15) is 17.3 Å². The topological polar surface area (TPSA) is 89.6 Å². The van der Waals surface area contributed by atoms with Crippen LogP contribution in [-0.2, 0) is 12.7 Å². The van der Waals surface area contributed by atoms with Gasteiger partial charge in [0.05, 0.1) is 53.8 Å². The molecule has 11 heteroatoms. The second-order valence-electron chi connectivity index (χ2n) is 9.40. The number of para-hydroxylation sites is 4. The molecule has 5 aromatic rings. The molecule has 0 aliphatic carbocycles. The molecule has 0 saturated heterocycles. The van der Waals surface area contributed by atoms with Crippen molar-refractivity contribution in [3.8, 4) is 11.4 Å². The maximum atomic E-state index is 14.0. The number of anilines is 1. The fraction of sp³-hybridized carbons (Fsp3) is 0.194. The lowest BCUT2D eigenvalue weighted by Crippen LogP contribution is -2.40. The van der Waals surface area contributed by atoms with Crippen molar-refractivity contribution >= 4 is 22.6 Å². The third-order valence-electron chi connectivity index (χ3n) is 6.83. The first kappa shape index (κ1) is 28.5. The number of methoxy groups -OCH3 is 1. The van der Waals surface area contributed by atoms with E-state index in [1.54, 1.807) is 67.6 Å².